The molecule has 0 unspecified atom stereocenters. The summed E-state index contributed by atoms with van der Waals surface area (Å²) in [6.07, 6.45) is 0. The first-order chi connectivity index (χ1) is 6.61. The van der Waals surface area contributed by atoms with E-state index in [-0.39, 0.29) is 5.56 Å². The van der Waals surface area contributed by atoms with Gasteiger partial charge in [0.15, 0.2) is 11.6 Å². The van der Waals surface area contributed by atoms with Gasteiger partial charge in [-0.2, -0.15) is 5.26 Å². The van der Waals surface area contributed by atoms with Gasteiger partial charge in [-0.15, -0.1) is 0 Å². The summed E-state index contributed by atoms with van der Waals surface area (Å²) in [5.74, 6) is -2.88. The SMILES string of the molecule is COC(=O)c1ccc(C#N)c(O)c1F. The Hall–Kier alpha value is -2.09. The number of aromatic hydroxyl groups is 1. The Morgan fingerprint density at radius 1 is 1.64 bits per heavy atom. The van der Waals surface area contributed by atoms with Crippen LogP contribution in [0.1, 0.15) is 15.9 Å². The van der Waals surface area contributed by atoms with Crippen molar-refractivity contribution in [3.8, 4) is 11.8 Å². The predicted molar refractivity (Wildman–Crippen MR) is 44.1 cm³/mol. The van der Waals surface area contributed by atoms with Crippen LogP contribution in [0.25, 0.3) is 0 Å². The summed E-state index contributed by atoms with van der Waals surface area (Å²) in [6.45, 7) is 0. The van der Waals surface area contributed by atoms with Crippen molar-refractivity contribution in [2.24, 2.45) is 0 Å². The van der Waals surface area contributed by atoms with Crippen LogP contribution < -0.4 is 0 Å². The molecule has 1 N–H and O–H groups in total. The maximum Gasteiger partial charge on any atom is 0.340 e. The molecule has 0 spiro atoms. The fraction of sp³-hybridized carbons (Fsp3) is 0.111. The first-order valence-corrected chi connectivity index (χ1v) is 3.61. The van der Waals surface area contributed by atoms with Crippen molar-refractivity contribution in [3.63, 3.8) is 0 Å². The van der Waals surface area contributed by atoms with Crippen LogP contribution in [-0.4, -0.2) is 18.2 Å². The summed E-state index contributed by atoms with van der Waals surface area (Å²) >= 11 is 0. The van der Waals surface area contributed by atoms with E-state index in [1.165, 1.54) is 0 Å². The molecule has 0 saturated heterocycles. The molecule has 1 aromatic carbocycles. The third-order valence-corrected chi connectivity index (χ3v) is 1.64. The Morgan fingerprint density at radius 3 is 2.79 bits per heavy atom. The summed E-state index contributed by atoms with van der Waals surface area (Å²) in [5, 5.41) is 17.6. The normalized spacial score (nSPS) is 9.21. The number of hydrogen-bond acceptors (Lipinski definition) is 4. The fourth-order valence-electron chi connectivity index (χ4n) is 0.922. The number of rotatable bonds is 1. The molecule has 1 aromatic rings. The number of benzene rings is 1. The molecule has 0 aliphatic heterocycles. The van der Waals surface area contributed by atoms with Crippen molar-refractivity contribution < 1.29 is 19.0 Å². The van der Waals surface area contributed by atoms with E-state index in [9.17, 15) is 9.18 Å². The first-order valence-electron chi connectivity index (χ1n) is 3.61. The lowest BCUT2D eigenvalue weighted by Gasteiger charge is -2.03. The molecule has 0 aromatic heterocycles. The summed E-state index contributed by atoms with van der Waals surface area (Å²) < 4.78 is 17.5. The van der Waals surface area contributed by atoms with Crippen molar-refractivity contribution >= 4 is 5.97 Å². The van der Waals surface area contributed by atoms with Crippen molar-refractivity contribution in [3.05, 3.63) is 29.1 Å². The number of carbonyl (C=O) groups excluding carboxylic acids is 1. The van der Waals surface area contributed by atoms with Crippen LogP contribution in [0.15, 0.2) is 12.1 Å². The molecular weight excluding hydrogens is 189 g/mol. The second kappa shape index (κ2) is 3.75. The molecule has 0 aliphatic carbocycles. The lowest BCUT2D eigenvalue weighted by Crippen LogP contribution is -2.04. The maximum absolute atomic E-state index is 13.2. The quantitative estimate of drug-likeness (QED) is 0.683. The number of hydrogen-bond donors (Lipinski definition) is 1. The molecule has 0 bridgehead atoms. The highest BCUT2D eigenvalue weighted by Crippen LogP contribution is 2.23. The lowest BCUT2D eigenvalue weighted by atomic mass is 10.1. The number of methoxy groups -OCH3 is 1. The molecule has 0 atom stereocenters. The van der Waals surface area contributed by atoms with Gasteiger partial charge in [-0.3, -0.25) is 0 Å². The van der Waals surface area contributed by atoms with Crippen LogP contribution >= 0.6 is 0 Å². The van der Waals surface area contributed by atoms with Crippen molar-refractivity contribution in [1.82, 2.24) is 0 Å². The lowest BCUT2D eigenvalue weighted by molar-refractivity contribution is 0.0594. The minimum Gasteiger partial charge on any atom is -0.504 e. The molecular formula is C9H6FNO3. The molecule has 0 aliphatic rings. The van der Waals surface area contributed by atoms with Gasteiger partial charge in [-0.25, -0.2) is 9.18 Å². The van der Waals surface area contributed by atoms with Crippen LogP contribution in [-0.2, 0) is 4.74 Å². The Balaban J connectivity index is 3.33. The predicted octanol–water partition coefficient (Wildman–Crippen LogP) is 1.19. The van der Waals surface area contributed by atoms with Gasteiger partial charge in [-0.1, -0.05) is 0 Å². The molecule has 14 heavy (non-hydrogen) atoms. The standard InChI is InChI=1S/C9H6FNO3/c1-14-9(13)6-3-2-5(4-11)8(12)7(6)10/h2-3,12H,1H3. The molecule has 5 heteroatoms. The highest BCUT2D eigenvalue weighted by atomic mass is 19.1. The Kier molecular flexibility index (Phi) is 2.67. The fourth-order valence-corrected chi connectivity index (χ4v) is 0.922. The zero-order valence-corrected chi connectivity index (χ0v) is 7.24. The third kappa shape index (κ3) is 1.50. The van der Waals surface area contributed by atoms with Gasteiger partial charge in [0.2, 0.25) is 0 Å². The van der Waals surface area contributed by atoms with Gasteiger partial charge in [-0.05, 0) is 12.1 Å². The van der Waals surface area contributed by atoms with E-state index < -0.39 is 23.1 Å². The largest absolute Gasteiger partial charge is 0.504 e. The summed E-state index contributed by atoms with van der Waals surface area (Å²) in [6, 6.07) is 3.80. The monoisotopic (exact) mass is 195 g/mol. The minimum absolute atomic E-state index is 0.227. The molecule has 4 nitrogen and oxygen atoms in total. The second-order valence-corrected chi connectivity index (χ2v) is 2.43. The van der Waals surface area contributed by atoms with Crippen LogP contribution in [0, 0.1) is 17.1 Å². The number of phenolic OH excluding ortho intramolecular Hbond substituents is 1. The number of phenols is 1. The second-order valence-electron chi connectivity index (χ2n) is 2.43. The van der Waals surface area contributed by atoms with Gasteiger partial charge in [0.1, 0.15) is 6.07 Å². The zero-order chi connectivity index (χ0) is 10.7. The molecule has 0 fully saturated rings. The molecule has 0 radical (unpaired) electrons. The molecule has 0 amide bonds. The van der Waals surface area contributed by atoms with Crippen LogP contribution in [0.2, 0.25) is 0 Å². The average molecular weight is 195 g/mol. The van der Waals surface area contributed by atoms with Crippen molar-refractivity contribution in [2.45, 2.75) is 0 Å². The van der Waals surface area contributed by atoms with E-state index in [1.807, 2.05) is 0 Å². The summed E-state index contributed by atoms with van der Waals surface area (Å²) in [7, 11) is 1.09. The van der Waals surface area contributed by atoms with Crippen LogP contribution in [0.3, 0.4) is 0 Å². The summed E-state index contributed by atoms with van der Waals surface area (Å²) in [5.41, 5.74) is -0.626. The Bertz CT molecular complexity index is 423. The van der Waals surface area contributed by atoms with E-state index in [2.05, 4.69) is 4.74 Å². The zero-order valence-electron chi connectivity index (χ0n) is 7.24. The van der Waals surface area contributed by atoms with Gasteiger partial charge < -0.3 is 9.84 Å². The number of nitrogens with zero attached hydrogens (tertiary/aromatic N) is 1. The molecule has 0 saturated carbocycles. The van der Waals surface area contributed by atoms with Gasteiger partial charge >= 0.3 is 5.97 Å². The van der Waals surface area contributed by atoms with Gasteiger partial charge in [0.05, 0.1) is 18.2 Å². The minimum atomic E-state index is -1.14. The number of carbonyl (C=O) groups is 1. The number of halogens is 1. The number of esters is 1. The highest BCUT2D eigenvalue weighted by Gasteiger charge is 2.17. The van der Waals surface area contributed by atoms with Gasteiger partial charge in [0.25, 0.3) is 0 Å². The topological polar surface area (TPSA) is 70.3 Å². The summed E-state index contributed by atoms with van der Waals surface area (Å²) in [4.78, 5) is 10.9. The third-order valence-electron chi connectivity index (χ3n) is 1.64. The van der Waals surface area contributed by atoms with Crippen molar-refractivity contribution in [1.29, 1.82) is 5.26 Å². The number of ether oxygens (including phenoxy) is 1. The van der Waals surface area contributed by atoms with Crippen LogP contribution in [0.5, 0.6) is 5.75 Å². The van der Waals surface area contributed by atoms with E-state index in [4.69, 9.17) is 10.4 Å². The van der Waals surface area contributed by atoms with E-state index in [1.54, 1.807) is 6.07 Å². The Morgan fingerprint density at radius 2 is 2.29 bits per heavy atom. The molecule has 1 rings (SSSR count). The highest BCUT2D eigenvalue weighted by molar-refractivity contribution is 5.90. The molecule has 0 heterocycles. The van der Waals surface area contributed by atoms with Crippen molar-refractivity contribution in [2.75, 3.05) is 7.11 Å². The van der Waals surface area contributed by atoms with E-state index >= 15 is 0 Å². The first kappa shape index (κ1) is 9.99. The Labute approximate surface area is 79.2 Å². The van der Waals surface area contributed by atoms with E-state index in [0.717, 1.165) is 19.2 Å². The molecule has 72 valence electrons. The average Bonchev–Trinajstić information content (AvgIpc) is 2.21. The van der Waals surface area contributed by atoms with E-state index in [0.29, 0.717) is 0 Å². The van der Waals surface area contributed by atoms with Crippen LogP contribution in [0.4, 0.5) is 4.39 Å². The smallest absolute Gasteiger partial charge is 0.340 e. The number of nitriles is 1. The van der Waals surface area contributed by atoms with Gasteiger partial charge in [0, 0.05) is 0 Å². The maximum atomic E-state index is 13.2.